The topological polar surface area (TPSA) is 90.8 Å². The number of halogens is 2. The molecule has 0 saturated carbocycles. The summed E-state index contributed by atoms with van der Waals surface area (Å²) in [5.41, 5.74) is -0.361. The Hall–Kier alpha value is -2.46. The number of nitrogens with one attached hydrogen (secondary N) is 1. The first kappa shape index (κ1) is 16.0. The van der Waals surface area contributed by atoms with Crippen molar-refractivity contribution < 1.29 is 13.9 Å². The van der Waals surface area contributed by atoms with Gasteiger partial charge in [0.05, 0.1) is 12.7 Å². The lowest BCUT2D eigenvalue weighted by Crippen LogP contribution is -2.46. The van der Waals surface area contributed by atoms with Crippen LogP contribution < -0.4 is 4.90 Å². The summed E-state index contributed by atoms with van der Waals surface area (Å²) in [4.78, 5) is 6.28. The number of aromatic amines is 1. The molecule has 1 aliphatic heterocycles. The van der Waals surface area contributed by atoms with Gasteiger partial charge in [0.25, 0.3) is 0 Å². The van der Waals surface area contributed by atoms with Crippen LogP contribution in [-0.2, 0) is 5.60 Å². The number of aromatic nitrogens is 5. The maximum atomic E-state index is 13.4. The number of piperidine rings is 1. The highest BCUT2D eigenvalue weighted by atomic mass is 32.1. The number of hydrogen-bond donors (Lipinski definition) is 2. The average molecular weight is 364 g/mol. The van der Waals surface area contributed by atoms with Crippen LogP contribution in [0, 0.1) is 11.6 Å². The van der Waals surface area contributed by atoms with Gasteiger partial charge in [-0.1, -0.05) is 0 Å². The lowest BCUT2D eigenvalue weighted by molar-refractivity contribution is 0.0177. The van der Waals surface area contributed by atoms with Gasteiger partial charge < -0.3 is 10.0 Å². The minimum Gasteiger partial charge on any atom is -0.382 e. The normalized spacial score (nSPS) is 20.8. The lowest BCUT2D eigenvalue weighted by atomic mass is 9.90. The first-order chi connectivity index (χ1) is 12.0. The smallest absolute Gasteiger partial charge is 0.205 e. The molecule has 3 aromatic rings. The predicted molar refractivity (Wildman–Crippen MR) is 87.0 cm³/mol. The quantitative estimate of drug-likeness (QED) is 0.740. The molecule has 3 heterocycles. The number of benzene rings is 1. The third kappa shape index (κ3) is 3.10. The van der Waals surface area contributed by atoms with Crippen molar-refractivity contribution in [2.75, 3.05) is 18.0 Å². The second-order valence-electron chi connectivity index (χ2n) is 5.97. The van der Waals surface area contributed by atoms with E-state index in [-0.39, 0.29) is 11.4 Å². The van der Waals surface area contributed by atoms with Crippen molar-refractivity contribution in [2.45, 2.75) is 18.4 Å². The number of β-amino-alcohol motifs (C(OH)–C–C–N with tert-alkyl or cyclic N) is 1. The summed E-state index contributed by atoms with van der Waals surface area (Å²) in [6, 6.07) is 3.19. The van der Waals surface area contributed by atoms with Gasteiger partial charge in [0.2, 0.25) is 5.13 Å². The Kier molecular flexibility index (Phi) is 3.92. The number of H-pyrrole nitrogens is 1. The van der Waals surface area contributed by atoms with Crippen LogP contribution in [0.25, 0.3) is 11.4 Å². The van der Waals surface area contributed by atoms with Gasteiger partial charge in [-0.2, -0.15) is 24.8 Å². The van der Waals surface area contributed by atoms with Crippen molar-refractivity contribution in [1.82, 2.24) is 24.8 Å². The lowest BCUT2D eigenvalue weighted by Gasteiger charge is -2.37. The van der Waals surface area contributed by atoms with Crippen LogP contribution in [0.3, 0.4) is 0 Å². The number of rotatable bonds is 3. The summed E-state index contributed by atoms with van der Waals surface area (Å²) in [7, 11) is 0. The average Bonchev–Trinajstić information content (AvgIpc) is 3.26. The van der Waals surface area contributed by atoms with E-state index in [0.29, 0.717) is 30.3 Å². The van der Waals surface area contributed by atoms with Gasteiger partial charge in [-0.05, 0) is 25.0 Å². The molecule has 1 saturated heterocycles. The fourth-order valence-corrected chi connectivity index (χ4v) is 3.69. The highest BCUT2D eigenvalue weighted by Crippen LogP contribution is 2.34. The van der Waals surface area contributed by atoms with Crippen LogP contribution in [-0.4, -0.2) is 43.0 Å². The van der Waals surface area contributed by atoms with E-state index < -0.39 is 17.2 Å². The Bertz CT molecular complexity index is 866. The monoisotopic (exact) mass is 364 g/mol. The zero-order valence-corrected chi connectivity index (χ0v) is 13.8. The van der Waals surface area contributed by atoms with Gasteiger partial charge in [-0.3, -0.25) is 0 Å². The Morgan fingerprint density at radius 1 is 1.24 bits per heavy atom. The molecule has 0 aliphatic carbocycles. The Morgan fingerprint density at radius 2 is 2.04 bits per heavy atom. The Labute approximate surface area is 145 Å². The second kappa shape index (κ2) is 6.12. The van der Waals surface area contributed by atoms with Crippen LogP contribution in [0.15, 0.2) is 24.4 Å². The zero-order valence-electron chi connectivity index (χ0n) is 13.0. The molecule has 1 unspecified atom stereocenters. The third-order valence-electron chi connectivity index (χ3n) is 4.17. The molecule has 25 heavy (non-hydrogen) atoms. The molecule has 7 nitrogen and oxygen atoms in total. The molecule has 4 rings (SSSR count). The molecule has 1 aliphatic rings. The molecule has 1 atom stereocenters. The molecule has 1 fully saturated rings. The fourth-order valence-electron chi connectivity index (χ4n) is 2.98. The van der Waals surface area contributed by atoms with Crippen molar-refractivity contribution in [3.63, 3.8) is 0 Å². The molecule has 1 aromatic carbocycles. The Morgan fingerprint density at radius 3 is 2.76 bits per heavy atom. The highest BCUT2D eigenvalue weighted by Gasteiger charge is 2.38. The van der Waals surface area contributed by atoms with Crippen LogP contribution >= 0.6 is 11.5 Å². The first-order valence-corrected chi connectivity index (χ1v) is 8.45. The van der Waals surface area contributed by atoms with Crippen molar-refractivity contribution in [3.8, 4) is 11.4 Å². The van der Waals surface area contributed by atoms with E-state index in [1.807, 2.05) is 4.90 Å². The second-order valence-corrected chi connectivity index (χ2v) is 6.70. The van der Waals surface area contributed by atoms with E-state index in [2.05, 4.69) is 24.8 Å². The molecular weight excluding hydrogens is 350 g/mol. The molecule has 10 heteroatoms. The van der Waals surface area contributed by atoms with Crippen LogP contribution in [0.4, 0.5) is 13.9 Å². The van der Waals surface area contributed by atoms with Crippen LogP contribution in [0.1, 0.15) is 18.5 Å². The van der Waals surface area contributed by atoms with Gasteiger partial charge >= 0.3 is 0 Å². The maximum absolute atomic E-state index is 13.4. The van der Waals surface area contributed by atoms with Crippen LogP contribution in [0.2, 0.25) is 0 Å². The van der Waals surface area contributed by atoms with Gasteiger partial charge in [0.1, 0.15) is 22.9 Å². The minimum atomic E-state index is -1.12. The zero-order chi connectivity index (χ0) is 17.4. The molecule has 2 N–H and O–H groups in total. The van der Waals surface area contributed by atoms with Crippen molar-refractivity contribution in [2.24, 2.45) is 0 Å². The van der Waals surface area contributed by atoms with Crippen molar-refractivity contribution in [3.05, 3.63) is 41.7 Å². The molecule has 0 amide bonds. The number of anilines is 1. The van der Waals surface area contributed by atoms with Crippen molar-refractivity contribution >= 4 is 16.7 Å². The standard InChI is InChI=1S/C15H14F2N6OS/c16-10-4-9(5-11(17)6-10)13-19-14(25-21-13)23-3-1-2-15(24,8-23)12-7-18-22-20-12/h4-7,24H,1-3,8H2,(H,18,20,22). The Balaban J connectivity index is 1.59. The predicted octanol–water partition coefficient (Wildman–Crippen LogP) is 2.09. The molecule has 2 aromatic heterocycles. The van der Waals surface area contributed by atoms with E-state index in [1.165, 1.54) is 18.3 Å². The third-order valence-corrected chi connectivity index (χ3v) is 4.95. The van der Waals surface area contributed by atoms with E-state index >= 15 is 0 Å². The molecule has 0 spiro atoms. The largest absolute Gasteiger partial charge is 0.382 e. The fraction of sp³-hybridized carbons (Fsp3) is 0.333. The summed E-state index contributed by atoms with van der Waals surface area (Å²) >= 11 is 1.13. The summed E-state index contributed by atoms with van der Waals surface area (Å²) < 4.78 is 31.0. The van der Waals surface area contributed by atoms with Gasteiger partial charge in [0, 0.05) is 29.7 Å². The molecule has 0 bridgehead atoms. The number of nitrogens with zero attached hydrogens (tertiary/aromatic N) is 5. The molecule has 130 valence electrons. The van der Waals surface area contributed by atoms with E-state index in [0.717, 1.165) is 24.0 Å². The van der Waals surface area contributed by atoms with E-state index in [1.54, 1.807) is 0 Å². The van der Waals surface area contributed by atoms with Gasteiger partial charge in [-0.15, -0.1) is 0 Å². The minimum absolute atomic E-state index is 0.258. The summed E-state index contributed by atoms with van der Waals surface area (Å²) in [6.45, 7) is 0.998. The van der Waals surface area contributed by atoms with Crippen LogP contribution in [0.5, 0.6) is 0 Å². The SMILES string of the molecule is OC1(c2cn[nH]n2)CCCN(c2nc(-c3cc(F)cc(F)c3)ns2)C1. The summed E-state index contributed by atoms with van der Waals surface area (Å²) in [5, 5.41) is 21.7. The maximum Gasteiger partial charge on any atom is 0.205 e. The number of aliphatic hydroxyl groups is 1. The number of hydrogen-bond acceptors (Lipinski definition) is 7. The van der Waals surface area contributed by atoms with E-state index in [9.17, 15) is 13.9 Å². The molecular formula is C15H14F2N6OS. The van der Waals surface area contributed by atoms with E-state index in [4.69, 9.17) is 0 Å². The van der Waals surface area contributed by atoms with Crippen molar-refractivity contribution in [1.29, 1.82) is 0 Å². The highest BCUT2D eigenvalue weighted by molar-refractivity contribution is 7.09. The summed E-state index contributed by atoms with van der Waals surface area (Å²) in [5.74, 6) is -1.09. The first-order valence-electron chi connectivity index (χ1n) is 7.67. The van der Waals surface area contributed by atoms with Gasteiger partial charge in [0.15, 0.2) is 5.82 Å². The summed E-state index contributed by atoms with van der Waals surface area (Å²) in [6.07, 6.45) is 2.81. The van der Waals surface area contributed by atoms with Gasteiger partial charge in [-0.25, -0.2) is 8.78 Å². The molecule has 0 radical (unpaired) electrons.